The fourth-order valence-electron chi connectivity index (χ4n) is 2.59. The van der Waals surface area contributed by atoms with Gasteiger partial charge in [-0.2, -0.15) is 13.2 Å². The average molecular weight is 474 g/mol. The summed E-state index contributed by atoms with van der Waals surface area (Å²) in [6, 6.07) is 1.62. The third-order valence-corrected chi connectivity index (χ3v) is 3.80. The van der Waals surface area contributed by atoms with E-state index in [9.17, 15) is 40.8 Å². The quantitative estimate of drug-likeness (QED) is 0.262. The first-order valence-corrected chi connectivity index (χ1v) is 8.55. The Kier molecular flexibility index (Phi) is 7.53. The largest absolute Gasteiger partial charge is 0.573 e. The Labute approximate surface area is 174 Å². The lowest BCUT2D eigenvalue weighted by atomic mass is 9.97. The molecule has 0 bridgehead atoms. The molecule has 32 heavy (non-hydrogen) atoms. The number of ether oxygens (including phenoxy) is 4. The van der Waals surface area contributed by atoms with Crippen molar-refractivity contribution in [3.63, 3.8) is 0 Å². The summed E-state index contributed by atoms with van der Waals surface area (Å²) in [6.45, 7) is -0.549. The Balaban J connectivity index is 2.34. The molecule has 0 spiro atoms. The van der Waals surface area contributed by atoms with Crippen LogP contribution in [0.2, 0.25) is 0 Å². The van der Waals surface area contributed by atoms with E-state index >= 15 is 0 Å². The predicted octanol–water partition coefficient (Wildman–Crippen LogP) is 1.68. The third-order valence-electron chi connectivity index (χ3n) is 3.80. The van der Waals surface area contributed by atoms with E-state index in [-0.39, 0.29) is 23.3 Å². The number of alkyl halides is 6. The van der Waals surface area contributed by atoms with E-state index in [0.29, 0.717) is 6.08 Å². The van der Waals surface area contributed by atoms with Crippen molar-refractivity contribution in [3.8, 4) is 11.5 Å². The number of rotatable bonds is 8. The summed E-state index contributed by atoms with van der Waals surface area (Å²) in [5.41, 5.74) is -1.42. The Morgan fingerprint density at radius 3 is 2.38 bits per heavy atom. The normalized spacial score (nSPS) is 15.6. The van der Waals surface area contributed by atoms with Crippen LogP contribution in [0.15, 0.2) is 17.7 Å². The fourth-order valence-corrected chi connectivity index (χ4v) is 2.59. The van der Waals surface area contributed by atoms with Crippen molar-refractivity contribution in [2.75, 3.05) is 13.4 Å². The zero-order valence-electron chi connectivity index (χ0n) is 16.0. The van der Waals surface area contributed by atoms with E-state index in [1.54, 1.807) is 0 Å². The van der Waals surface area contributed by atoms with Gasteiger partial charge in [0.15, 0.2) is 0 Å². The predicted molar refractivity (Wildman–Crippen MR) is 88.3 cm³/mol. The van der Waals surface area contributed by atoms with Gasteiger partial charge in [0.2, 0.25) is 18.2 Å². The molecule has 0 saturated heterocycles. The number of hydrogen-bond acceptors (Lipinski definition) is 8. The van der Waals surface area contributed by atoms with Crippen molar-refractivity contribution < 1.29 is 65.1 Å². The SMILES string of the molecule is CCc1cc(OC(F)(F)F)cc2c1O[C@H](C(F)(F)F)C(C(=O)OCOC(=O)CO[NH+]=O)=C2. The van der Waals surface area contributed by atoms with E-state index in [1.165, 1.54) is 6.92 Å². The number of esters is 2. The Morgan fingerprint density at radius 2 is 1.81 bits per heavy atom. The topological polar surface area (TPSA) is 111 Å². The van der Waals surface area contributed by atoms with Gasteiger partial charge < -0.3 is 18.9 Å². The number of nitrogens with one attached hydrogen (secondary N) is 1. The molecule has 0 unspecified atom stereocenters. The number of carbonyl (C=O) groups excluding carboxylic acids is 2. The summed E-state index contributed by atoms with van der Waals surface area (Å²) < 4.78 is 95.6. The summed E-state index contributed by atoms with van der Waals surface area (Å²) in [7, 11) is 0. The number of halogens is 6. The van der Waals surface area contributed by atoms with E-state index in [1.807, 2.05) is 0 Å². The summed E-state index contributed by atoms with van der Waals surface area (Å²) in [4.78, 5) is 37.1. The number of benzene rings is 1. The van der Waals surface area contributed by atoms with Crippen LogP contribution in [0.1, 0.15) is 18.1 Å². The molecule has 0 saturated carbocycles. The van der Waals surface area contributed by atoms with Crippen LogP contribution in [0.25, 0.3) is 6.08 Å². The van der Waals surface area contributed by atoms with Crippen LogP contribution >= 0.6 is 0 Å². The van der Waals surface area contributed by atoms with Crippen molar-refractivity contribution in [2.45, 2.75) is 32.0 Å². The smallest absolute Gasteiger partial charge is 0.475 e. The first kappa shape index (κ1) is 24.7. The van der Waals surface area contributed by atoms with Gasteiger partial charge in [0.1, 0.15) is 11.5 Å². The molecular weight excluding hydrogens is 460 g/mol. The van der Waals surface area contributed by atoms with Crippen molar-refractivity contribution >= 4 is 18.0 Å². The van der Waals surface area contributed by atoms with Gasteiger partial charge in [0.25, 0.3) is 6.61 Å². The van der Waals surface area contributed by atoms with Gasteiger partial charge in [0.05, 0.1) is 10.5 Å². The summed E-state index contributed by atoms with van der Waals surface area (Å²) in [5, 5.41) is 0.919. The maximum absolute atomic E-state index is 13.5. The van der Waals surface area contributed by atoms with Crippen molar-refractivity contribution in [1.29, 1.82) is 0 Å². The highest BCUT2D eigenvalue weighted by Gasteiger charge is 2.49. The molecule has 1 aliphatic heterocycles. The Bertz CT molecular complexity index is 912. The molecule has 1 atom stereocenters. The van der Waals surface area contributed by atoms with Crippen LogP contribution in [0.3, 0.4) is 0 Å². The number of hydrogen-bond donors (Lipinski definition) is 1. The maximum Gasteiger partial charge on any atom is 0.573 e. The van der Waals surface area contributed by atoms with Crippen LogP contribution < -0.4 is 14.8 Å². The van der Waals surface area contributed by atoms with Crippen LogP contribution in [0.5, 0.6) is 11.5 Å². The highest BCUT2D eigenvalue weighted by Crippen LogP contribution is 2.42. The second-order valence-corrected chi connectivity index (χ2v) is 5.98. The molecule has 1 aromatic rings. The summed E-state index contributed by atoms with van der Waals surface area (Å²) >= 11 is 0. The second kappa shape index (κ2) is 9.74. The standard InChI is InChI=1S/C17H14F6NO8/c1-2-8-3-10(32-17(21,22)23)4-9-5-11(14(16(18,19)20)31-13(8)9)15(26)29-7-28-12(25)6-30-24-27/h3-5,14,24H,2,6-7H2,1H3/q+1/t14-/m0/s1. The van der Waals surface area contributed by atoms with Gasteiger partial charge in [-0.1, -0.05) is 6.92 Å². The van der Waals surface area contributed by atoms with Gasteiger partial charge in [-0.3, -0.25) is 0 Å². The monoisotopic (exact) mass is 474 g/mol. The van der Waals surface area contributed by atoms with E-state index in [0.717, 1.165) is 17.5 Å². The Hall–Kier alpha value is -3.52. The van der Waals surface area contributed by atoms with E-state index in [4.69, 9.17) is 4.74 Å². The number of carbonyl (C=O) groups is 2. The first-order valence-electron chi connectivity index (χ1n) is 8.55. The van der Waals surface area contributed by atoms with Crippen molar-refractivity contribution in [2.24, 2.45) is 0 Å². The molecule has 0 aromatic heterocycles. The van der Waals surface area contributed by atoms with Gasteiger partial charge in [-0.15, -0.1) is 13.2 Å². The third kappa shape index (κ3) is 6.49. The molecule has 176 valence electrons. The van der Waals surface area contributed by atoms with Crippen molar-refractivity contribution in [1.82, 2.24) is 0 Å². The minimum absolute atomic E-state index is 0.00811. The van der Waals surface area contributed by atoms with Crippen LogP contribution in [0.4, 0.5) is 26.3 Å². The molecule has 0 amide bonds. The molecular formula is C17H14F6NO8+. The summed E-state index contributed by atoms with van der Waals surface area (Å²) in [6.07, 6.45) is -12.3. The number of fused-ring (bicyclic) bond motifs is 1. The lowest BCUT2D eigenvalue weighted by Gasteiger charge is -2.29. The molecule has 0 fully saturated rings. The zero-order valence-corrected chi connectivity index (χ0v) is 16.0. The van der Waals surface area contributed by atoms with Gasteiger partial charge in [0, 0.05) is 5.56 Å². The fraction of sp³-hybridized carbons (Fsp3) is 0.412. The molecule has 1 aromatic carbocycles. The zero-order chi connectivity index (χ0) is 24.1. The maximum atomic E-state index is 13.5. The van der Waals surface area contributed by atoms with Crippen LogP contribution in [-0.4, -0.2) is 44.0 Å². The molecule has 0 aliphatic carbocycles. The lowest BCUT2D eigenvalue weighted by molar-refractivity contribution is -0.766. The highest BCUT2D eigenvalue weighted by molar-refractivity contribution is 5.96. The first-order chi connectivity index (χ1) is 14.9. The Morgan fingerprint density at radius 1 is 1.12 bits per heavy atom. The van der Waals surface area contributed by atoms with E-state index in [2.05, 4.69) is 19.0 Å². The van der Waals surface area contributed by atoms with Gasteiger partial charge in [-0.05, 0) is 30.2 Å². The molecule has 0 radical (unpaired) electrons. The molecule has 9 nitrogen and oxygen atoms in total. The van der Waals surface area contributed by atoms with Crippen LogP contribution in [0, 0.1) is 4.91 Å². The molecule has 15 heteroatoms. The molecule has 1 aliphatic rings. The lowest BCUT2D eigenvalue weighted by Crippen LogP contribution is -2.63. The summed E-state index contributed by atoms with van der Waals surface area (Å²) in [5.74, 6) is -3.91. The minimum atomic E-state index is -5.10. The molecule has 1 heterocycles. The van der Waals surface area contributed by atoms with Crippen LogP contribution in [-0.2, 0) is 30.3 Å². The van der Waals surface area contributed by atoms with Gasteiger partial charge >= 0.3 is 24.5 Å². The number of aryl methyl sites for hydroxylation is 1. The molecule has 2 rings (SSSR count). The second-order valence-electron chi connectivity index (χ2n) is 5.98. The van der Waals surface area contributed by atoms with Gasteiger partial charge in [-0.25, -0.2) is 14.4 Å². The highest BCUT2D eigenvalue weighted by atomic mass is 19.4. The van der Waals surface area contributed by atoms with Crippen molar-refractivity contribution in [3.05, 3.63) is 33.7 Å². The minimum Gasteiger partial charge on any atom is -0.475 e. The van der Waals surface area contributed by atoms with E-state index < -0.39 is 55.3 Å². The average Bonchev–Trinajstić information content (AvgIpc) is 2.68. The molecule has 1 N–H and O–H groups in total.